The molecule has 0 saturated carbocycles. The van der Waals surface area contributed by atoms with Crippen molar-refractivity contribution < 1.29 is 0 Å². The molecule has 0 atom stereocenters. The fourth-order valence-corrected chi connectivity index (χ4v) is 11.0. The van der Waals surface area contributed by atoms with Crippen molar-refractivity contribution in [1.82, 2.24) is 0 Å². The van der Waals surface area contributed by atoms with Crippen LogP contribution in [0.1, 0.15) is 25.0 Å². The quantitative estimate of drug-likeness (QED) is 0.155. The fraction of sp³-hybridized carbons (Fsp3) is 0.0492. The van der Waals surface area contributed by atoms with Crippen LogP contribution >= 0.6 is 11.3 Å². The normalized spacial score (nSPS) is 12.7. The molecular weight excluding hydrogens is 779 g/mol. The molecule has 2 heteroatoms. The molecule has 1 aliphatic carbocycles. The molecule has 0 bridgehead atoms. The molecule has 0 aliphatic heterocycles. The predicted molar refractivity (Wildman–Crippen MR) is 271 cm³/mol. The standard InChI is InChI=1S/C61H43NS/c1-61(2)57-16-7-5-14-53(57)54-34-28-49(38-58(54)61)44-26-31-51(32-27-44)62(52-33-35-60-56(39-52)55-15-6-8-17-59(55)63-60)50-29-24-42(25-30-50)41-18-20-43(21-19-41)46-12-9-13-47(36-46)48-23-22-40-10-3-4-11-45(40)37-48/h3-39H,1-2H3. The Labute approximate surface area is 372 Å². The number of thiophene rings is 1. The van der Waals surface area contributed by atoms with E-state index in [-0.39, 0.29) is 5.41 Å². The number of nitrogens with zero attached hydrogens (tertiary/aromatic N) is 1. The average Bonchev–Trinajstić information content (AvgIpc) is 3.83. The summed E-state index contributed by atoms with van der Waals surface area (Å²) < 4.78 is 2.62. The molecular formula is C61H43NS. The van der Waals surface area contributed by atoms with E-state index >= 15 is 0 Å². The first-order valence-electron chi connectivity index (χ1n) is 21.8. The molecule has 1 nitrogen and oxygen atoms in total. The minimum Gasteiger partial charge on any atom is -0.310 e. The van der Waals surface area contributed by atoms with E-state index in [2.05, 4.69) is 243 Å². The minimum absolute atomic E-state index is 0.0395. The van der Waals surface area contributed by atoms with Gasteiger partial charge in [-0.2, -0.15) is 0 Å². The van der Waals surface area contributed by atoms with Gasteiger partial charge in [-0.05, 0) is 144 Å². The summed E-state index contributed by atoms with van der Waals surface area (Å²) in [5.41, 5.74) is 18.5. The first kappa shape index (κ1) is 37.3. The second-order valence-electron chi connectivity index (χ2n) is 17.4. The molecule has 298 valence electrons. The summed E-state index contributed by atoms with van der Waals surface area (Å²) in [6.07, 6.45) is 0. The van der Waals surface area contributed by atoms with Crippen LogP contribution in [0.15, 0.2) is 224 Å². The average molecular weight is 822 g/mol. The molecule has 12 rings (SSSR count). The SMILES string of the molecule is CC1(C)c2ccccc2-c2ccc(-c3ccc(N(c4ccc(-c5ccc(-c6cccc(-c7ccc8ccccc8c7)c6)cc5)cc4)c4ccc5sc6ccccc6c5c4)cc3)cc21. The van der Waals surface area contributed by atoms with Crippen molar-refractivity contribution in [1.29, 1.82) is 0 Å². The maximum absolute atomic E-state index is 2.41. The highest BCUT2D eigenvalue weighted by molar-refractivity contribution is 7.25. The van der Waals surface area contributed by atoms with Crippen LogP contribution in [-0.4, -0.2) is 0 Å². The summed E-state index contributed by atoms with van der Waals surface area (Å²) in [7, 11) is 0. The molecule has 0 N–H and O–H groups in total. The van der Waals surface area contributed by atoms with Crippen molar-refractivity contribution >= 4 is 59.3 Å². The Morgan fingerprint density at radius 2 is 0.825 bits per heavy atom. The Hall–Kier alpha value is -7.52. The van der Waals surface area contributed by atoms with Crippen LogP contribution < -0.4 is 4.90 Å². The van der Waals surface area contributed by atoms with Crippen molar-refractivity contribution in [2.75, 3.05) is 4.90 Å². The van der Waals surface area contributed by atoms with Gasteiger partial charge in [-0.3, -0.25) is 0 Å². The van der Waals surface area contributed by atoms with Gasteiger partial charge in [0.2, 0.25) is 0 Å². The molecule has 0 spiro atoms. The summed E-state index contributed by atoms with van der Waals surface area (Å²) in [6, 6.07) is 82.9. The van der Waals surface area contributed by atoms with E-state index in [9.17, 15) is 0 Å². The third-order valence-corrected chi connectivity index (χ3v) is 14.4. The maximum Gasteiger partial charge on any atom is 0.0468 e. The number of benzene rings is 10. The summed E-state index contributed by atoms with van der Waals surface area (Å²) in [6.45, 7) is 4.70. The van der Waals surface area contributed by atoms with E-state index < -0.39 is 0 Å². The Bertz CT molecular complexity index is 3520. The summed E-state index contributed by atoms with van der Waals surface area (Å²) in [5, 5.41) is 5.11. The van der Waals surface area contributed by atoms with Crippen LogP contribution in [-0.2, 0) is 5.41 Å². The van der Waals surface area contributed by atoms with Gasteiger partial charge < -0.3 is 4.90 Å². The largest absolute Gasteiger partial charge is 0.310 e. The molecule has 0 fully saturated rings. The lowest BCUT2D eigenvalue weighted by atomic mass is 9.81. The van der Waals surface area contributed by atoms with Crippen LogP contribution in [0.4, 0.5) is 17.1 Å². The van der Waals surface area contributed by atoms with Crippen molar-refractivity contribution in [3.8, 4) is 55.6 Å². The molecule has 0 radical (unpaired) electrons. The Morgan fingerprint density at radius 3 is 1.57 bits per heavy atom. The van der Waals surface area contributed by atoms with Gasteiger partial charge >= 0.3 is 0 Å². The van der Waals surface area contributed by atoms with Crippen LogP contribution in [0.3, 0.4) is 0 Å². The molecule has 1 aromatic heterocycles. The van der Waals surface area contributed by atoms with Gasteiger partial charge in [0, 0.05) is 42.6 Å². The van der Waals surface area contributed by atoms with E-state index in [1.165, 1.54) is 97.7 Å². The highest BCUT2D eigenvalue weighted by Crippen LogP contribution is 2.50. The Kier molecular flexibility index (Phi) is 8.77. The monoisotopic (exact) mass is 821 g/mol. The lowest BCUT2D eigenvalue weighted by molar-refractivity contribution is 0.660. The van der Waals surface area contributed by atoms with E-state index in [0.717, 1.165) is 17.1 Å². The molecule has 0 amide bonds. The molecule has 1 aliphatic rings. The van der Waals surface area contributed by atoms with Gasteiger partial charge in [0.25, 0.3) is 0 Å². The van der Waals surface area contributed by atoms with Crippen LogP contribution in [0.25, 0.3) is 86.6 Å². The fourth-order valence-electron chi connectivity index (χ4n) is 9.89. The number of fused-ring (bicyclic) bond motifs is 7. The van der Waals surface area contributed by atoms with E-state index in [1.54, 1.807) is 0 Å². The highest BCUT2D eigenvalue weighted by Gasteiger charge is 2.35. The third kappa shape index (κ3) is 6.45. The second-order valence-corrected chi connectivity index (χ2v) is 18.4. The van der Waals surface area contributed by atoms with Crippen molar-refractivity contribution in [3.63, 3.8) is 0 Å². The zero-order chi connectivity index (χ0) is 42.1. The van der Waals surface area contributed by atoms with Gasteiger partial charge in [-0.15, -0.1) is 11.3 Å². The molecule has 0 unspecified atom stereocenters. The summed E-state index contributed by atoms with van der Waals surface area (Å²) in [5.74, 6) is 0. The minimum atomic E-state index is -0.0395. The lowest BCUT2D eigenvalue weighted by Gasteiger charge is -2.26. The smallest absolute Gasteiger partial charge is 0.0468 e. The third-order valence-electron chi connectivity index (χ3n) is 13.3. The number of anilines is 3. The van der Waals surface area contributed by atoms with E-state index in [0.29, 0.717) is 0 Å². The van der Waals surface area contributed by atoms with Gasteiger partial charge in [0.05, 0.1) is 0 Å². The van der Waals surface area contributed by atoms with Crippen LogP contribution in [0.5, 0.6) is 0 Å². The summed E-state index contributed by atoms with van der Waals surface area (Å²) in [4.78, 5) is 2.40. The van der Waals surface area contributed by atoms with Crippen LogP contribution in [0.2, 0.25) is 0 Å². The Morgan fingerprint density at radius 1 is 0.317 bits per heavy atom. The van der Waals surface area contributed by atoms with Crippen molar-refractivity contribution in [2.45, 2.75) is 19.3 Å². The zero-order valence-electron chi connectivity index (χ0n) is 35.2. The highest BCUT2D eigenvalue weighted by atomic mass is 32.1. The predicted octanol–water partition coefficient (Wildman–Crippen LogP) is 17.7. The molecule has 0 saturated heterocycles. The van der Waals surface area contributed by atoms with Gasteiger partial charge in [-0.1, -0.05) is 172 Å². The zero-order valence-corrected chi connectivity index (χ0v) is 36.0. The molecule has 10 aromatic carbocycles. The molecule has 63 heavy (non-hydrogen) atoms. The number of hydrogen-bond acceptors (Lipinski definition) is 2. The van der Waals surface area contributed by atoms with E-state index in [4.69, 9.17) is 0 Å². The first-order chi connectivity index (χ1) is 30.9. The number of hydrogen-bond donors (Lipinski definition) is 0. The second kappa shape index (κ2) is 14.8. The van der Waals surface area contributed by atoms with Crippen molar-refractivity contribution in [2.24, 2.45) is 0 Å². The van der Waals surface area contributed by atoms with Gasteiger partial charge in [-0.25, -0.2) is 0 Å². The topological polar surface area (TPSA) is 3.24 Å². The van der Waals surface area contributed by atoms with Crippen molar-refractivity contribution in [3.05, 3.63) is 236 Å². The Balaban J connectivity index is 0.867. The molecule has 11 aromatic rings. The van der Waals surface area contributed by atoms with E-state index in [1.807, 2.05) is 11.3 Å². The maximum atomic E-state index is 2.41. The lowest BCUT2D eigenvalue weighted by Crippen LogP contribution is -2.14. The summed E-state index contributed by atoms with van der Waals surface area (Å²) >= 11 is 1.86. The van der Waals surface area contributed by atoms with Crippen LogP contribution in [0, 0.1) is 0 Å². The number of rotatable bonds is 7. The molecule has 1 heterocycles. The van der Waals surface area contributed by atoms with Gasteiger partial charge in [0.1, 0.15) is 0 Å². The first-order valence-corrected chi connectivity index (χ1v) is 22.6. The van der Waals surface area contributed by atoms with Gasteiger partial charge in [0.15, 0.2) is 0 Å².